The normalized spacial score (nSPS) is 12.6. The molecule has 0 aliphatic carbocycles. The van der Waals surface area contributed by atoms with Gasteiger partial charge in [0.1, 0.15) is 0 Å². The molecule has 0 aliphatic heterocycles. The Bertz CT molecular complexity index is 1170. The molecule has 0 spiro atoms. The van der Waals surface area contributed by atoms with E-state index in [2.05, 4.69) is 31.3 Å². The van der Waals surface area contributed by atoms with Crippen molar-refractivity contribution in [2.24, 2.45) is 0 Å². The zero-order chi connectivity index (χ0) is 54.3. The Labute approximate surface area is 469 Å². The summed E-state index contributed by atoms with van der Waals surface area (Å²) in [4.78, 5) is 24.5. The number of hydrogen-bond acceptors (Lipinski definition) is 5. The van der Waals surface area contributed by atoms with E-state index >= 15 is 0 Å². The maximum absolute atomic E-state index is 12.4. The van der Waals surface area contributed by atoms with E-state index in [9.17, 15) is 19.8 Å². The van der Waals surface area contributed by atoms with Crippen molar-refractivity contribution in [1.82, 2.24) is 5.32 Å². The number of amides is 1. The van der Waals surface area contributed by atoms with Crippen molar-refractivity contribution in [1.29, 1.82) is 0 Å². The minimum Gasteiger partial charge on any atom is -0.466 e. The third-order valence-electron chi connectivity index (χ3n) is 16.0. The highest BCUT2D eigenvalue weighted by atomic mass is 16.5. The number of hydrogen-bond donors (Lipinski definition) is 3. The molecule has 2 atom stereocenters. The van der Waals surface area contributed by atoms with Gasteiger partial charge in [-0.15, -0.1) is 0 Å². The lowest BCUT2D eigenvalue weighted by Gasteiger charge is -2.20. The van der Waals surface area contributed by atoms with Crippen LogP contribution in [0.3, 0.4) is 0 Å². The van der Waals surface area contributed by atoms with E-state index in [0.717, 1.165) is 38.5 Å². The largest absolute Gasteiger partial charge is 0.466 e. The summed E-state index contributed by atoms with van der Waals surface area (Å²) < 4.78 is 5.48. The van der Waals surface area contributed by atoms with Crippen LogP contribution in [-0.4, -0.2) is 47.4 Å². The molecule has 3 N–H and O–H groups in total. The Balaban J connectivity index is 3.33. The van der Waals surface area contributed by atoms with Gasteiger partial charge in [-0.1, -0.05) is 334 Å². The molecule has 0 saturated carbocycles. The van der Waals surface area contributed by atoms with Crippen molar-refractivity contribution in [2.45, 2.75) is 392 Å². The molecule has 0 radical (unpaired) electrons. The van der Waals surface area contributed by atoms with E-state index in [-0.39, 0.29) is 18.5 Å². The highest BCUT2D eigenvalue weighted by Gasteiger charge is 2.18. The Morgan fingerprint density at radius 2 is 0.627 bits per heavy atom. The van der Waals surface area contributed by atoms with Gasteiger partial charge in [-0.05, 0) is 57.8 Å². The van der Waals surface area contributed by atoms with Gasteiger partial charge in [-0.2, -0.15) is 0 Å². The standard InChI is InChI=1S/C69H133NO5/c1-3-5-7-9-11-13-15-43-47-51-55-59-63-69(74)75-64-60-56-52-48-44-40-38-36-34-32-30-28-26-24-22-20-18-16-17-19-21-23-25-27-29-31-33-35-37-39-42-46-50-54-58-62-68(73)70-66(65-71)67(72)61-57-53-49-45-41-14-12-10-8-6-4-2/h18,20,57,61,66-67,71-72H,3-17,19,21-56,58-60,62-65H2,1-2H3,(H,70,73)/b20-18-,61-57+. The summed E-state index contributed by atoms with van der Waals surface area (Å²) in [6, 6.07) is -0.623. The van der Waals surface area contributed by atoms with Gasteiger partial charge < -0.3 is 20.3 Å². The zero-order valence-electron chi connectivity index (χ0n) is 50.8. The molecular weight excluding hydrogens is 923 g/mol. The monoisotopic (exact) mass is 1060 g/mol. The van der Waals surface area contributed by atoms with E-state index in [4.69, 9.17) is 4.74 Å². The minimum absolute atomic E-state index is 0.0210. The zero-order valence-corrected chi connectivity index (χ0v) is 50.8. The fraction of sp³-hybridized carbons (Fsp3) is 0.913. The first-order valence-corrected chi connectivity index (χ1v) is 34.1. The van der Waals surface area contributed by atoms with E-state index in [1.54, 1.807) is 6.08 Å². The summed E-state index contributed by atoms with van der Waals surface area (Å²) in [5, 5.41) is 23.0. The second kappa shape index (κ2) is 64.9. The van der Waals surface area contributed by atoms with Gasteiger partial charge in [0.25, 0.3) is 0 Å². The summed E-state index contributed by atoms with van der Waals surface area (Å²) in [6.45, 7) is 4.92. The highest BCUT2D eigenvalue weighted by molar-refractivity contribution is 5.76. The van der Waals surface area contributed by atoms with Gasteiger partial charge in [-0.3, -0.25) is 9.59 Å². The number of carbonyl (C=O) groups excluding carboxylic acids is 2. The lowest BCUT2D eigenvalue weighted by molar-refractivity contribution is -0.143. The first-order chi connectivity index (χ1) is 37.0. The molecule has 75 heavy (non-hydrogen) atoms. The maximum atomic E-state index is 12.4. The molecule has 6 nitrogen and oxygen atoms in total. The smallest absolute Gasteiger partial charge is 0.305 e. The molecule has 0 aliphatic rings. The first-order valence-electron chi connectivity index (χ1n) is 34.1. The molecule has 0 saturated heterocycles. The van der Waals surface area contributed by atoms with Gasteiger partial charge in [-0.25, -0.2) is 0 Å². The summed E-state index contributed by atoms with van der Waals surface area (Å²) in [6.07, 6.45) is 81.3. The van der Waals surface area contributed by atoms with Crippen molar-refractivity contribution < 1.29 is 24.5 Å². The molecule has 0 rings (SSSR count). The van der Waals surface area contributed by atoms with Crippen LogP contribution in [0.1, 0.15) is 380 Å². The second-order valence-corrected chi connectivity index (χ2v) is 23.5. The van der Waals surface area contributed by atoms with Crippen molar-refractivity contribution in [3.8, 4) is 0 Å². The van der Waals surface area contributed by atoms with E-state index < -0.39 is 12.1 Å². The topological polar surface area (TPSA) is 95.9 Å². The molecule has 0 heterocycles. The number of allylic oxidation sites excluding steroid dienone is 3. The molecule has 1 amide bonds. The first kappa shape index (κ1) is 73.3. The number of esters is 1. The number of aliphatic hydroxyl groups is 2. The number of rotatable bonds is 64. The van der Waals surface area contributed by atoms with Gasteiger partial charge in [0.15, 0.2) is 0 Å². The third-order valence-corrected chi connectivity index (χ3v) is 16.0. The predicted molar refractivity (Wildman–Crippen MR) is 329 cm³/mol. The van der Waals surface area contributed by atoms with Crippen LogP contribution in [0, 0.1) is 0 Å². The average Bonchev–Trinajstić information content (AvgIpc) is 3.41. The number of nitrogens with one attached hydrogen (secondary N) is 1. The molecule has 0 aromatic rings. The molecule has 6 heteroatoms. The SMILES string of the molecule is CCCCCCCCCCC/C=C/C(O)C(CO)NC(=O)CCCCCCCCCCCCCCCCCCC/C=C\CCCCCCCCCCCCCCCCOC(=O)CCCCCCCCCCCCCC. The summed E-state index contributed by atoms with van der Waals surface area (Å²) in [7, 11) is 0. The van der Waals surface area contributed by atoms with E-state index in [1.165, 1.54) is 315 Å². The fourth-order valence-electron chi connectivity index (χ4n) is 10.7. The molecule has 2 unspecified atom stereocenters. The lowest BCUT2D eigenvalue weighted by atomic mass is 10.0. The van der Waals surface area contributed by atoms with Crippen LogP contribution in [0.25, 0.3) is 0 Å². The van der Waals surface area contributed by atoms with E-state index in [1.807, 2.05) is 6.08 Å². The quantitative estimate of drug-likeness (QED) is 0.0320. The van der Waals surface area contributed by atoms with Crippen LogP contribution in [0.2, 0.25) is 0 Å². The summed E-state index contributed by atoms with van der Waals surface area (Å²) >= 11 is 0. The average molecular weight is 1060 g/mol. The lowest BCUT2D eigenvalue weighted by Crippen LogP contribution is -2.45. The van der Waals surface area contributed by atoms with Crippen LogP contribution in [-0.2, 0) is 14.3 Å². The fourth-order valence-corrected chi connectivity index (χ4v) is 10.7. The summed E-state index contributed by atoms with van der Waals surface area (Å²) in [5.74, 6) is -0.0431. The van der Waals surface area contributed by atoms with Crippen LogP contribution in [0.15, 0.2) is 24.3 Å². The van der Waals surface area contributed by atoms with Crippen LogP contribution < -0.4 is 5.32 Å². The van der Waals surface area contributed by atoms with Crippen molar-refractivity contribution in [3.05, 3.63) is 24.3 Å². The third kappa shape index (κ3) is 61.4. The van der Waals surface area contributed by atoms with Gasteiger partial charge in [0, 0.05) is 12.8 Å². The Morgan fingerprint density at radius 3 is 0.947 bits per heavy atom. The Kier molecular flexibility index (Phi) is 63.4. The molecule has 444 valence electrons. The molecule has 0 aromatic carbocycles. The van der Waals surface area contributed by atoms with Crippen molar-refractivity contribution in [3.63, 3.8) is 0 Å². The van der Waals surface area contributed by atoms with Crippen LogP contribution in [0.4, 0.5) is 0 Å². The molecule has 0 aromatic heterocycles. The molecule has 0 bridgehead atoms. The molecular formula is C69H133NO5. The number of aliphatic hydroxyl groups excluding tert-OH is 2. The minimum atomic E-state index is -0.840. The predicted octanol–water partition coefficient (Wildman–Crippen LogP) is 21.8. The van der Waals surface area contributed by atoms with Gasteiger partial charge in [0.2, 0.25) is 5.91 Å². The van der Waals surface area contributed by atoms with Crippen LogP contribution in [0.5, 0.6) is 0 Å². The van der Waals surface area contributed by atoms with Crippen molar-refractivity contribution in [2.75, 3.05) is 13.2 Å². The van der Waals surface area contributed by atoms with Crippen molar-refractivity contribution >= 4 is 11.9 Å². The summed E-state index contributed by atoms with van der Waals surface area (Å²) in [5.41, 5.74) is 0. The van der Waals surface area contributed by atoms with Gasteiger partial charge >= 0.3 is 5.97 Å². The highest BCUT2D eigenvalue weighted by Crippen LogP contribution is 2.18. The van der Waals surface area contributed by atoms with Gasteiger partial charge in [0.05, 0.1) is 25.4 Å². The second-order valence-electron chi connectivity index (χ2n) is 23.5. The Morgan fingerprint density at radius 1 is 0.360 bits per heavy atom. The number of unbranched alkanes of at least 4 members (excludes halogenated alkanes) is 51. The van der Waals surface area contributed by atoms with Crippen LogP contribution >= 0.6 is 0 Å². The molecule has 0 fully saturated rings. The number of carbonyl (C=O) groups is 2. The maximum Gasteiger partial charge on any atom is 0.305 e. The number of ether oxygens (including phenoxy) is 1. The Hall–Kier alpha value is -1.66. The van der Waals surface area contributed by atoms with E-state index in [0.29, 0.717) is 19.4 Å².